The van der Waals surface area contributed by atoms with Gasteiger partial charge in [-0.3, -0.25) is 5.41 Å². The molecular formula is C16H18N2O2S. The van der Waals surface area contributed by atoms with Gasteiger partial charge in [0, 0.05) is 16.1 Å². The van der Waals surface area contributed by atoms with Crippen molar-refractivity contribution in [2.45, 2.75) is 31.7 Å². The maximum Gasteiger partial charge on any atom is 0.183 e. The highest BCUT2D eigenvalue weighted by atomic mass is 32.1. The zero-order valence-electron chi connectivity index (χ0n) is 12.0. The summed E-state index contributed by atoms with van der Waals surface area (Å²) in [6.07, 6.45) is 5.19. The summed E-state index contributed by atoms with van der Waals surface area (Å²) in [7, 11) is 1.61. The Kier molecular flexibility index (Phi) is 3.92. The molecule has 0 fully saturated rings. The van der Waals surface area contributed by atoms with Crippen molar-refractivity contribution in [3.8, 4) is 5.75 Å². The minimum Gasteiger partial charge on any atom is -0.496 e. The topological polar surface area (TPSA) is 55.1 Å². The summed E-state index contributed by atoms with van der Waals surface area (Å²) in [6.45, 7) is 0. The van der Waals surface area contributed by atoms with E-state index in [0.717, 1.165) is 36.8 Å². The number of hydrogen-bond donors (Lipinski definition) is 1. The van der Waals surface area contributed by atoms with Crippen LogP contribution in [0.25, 0.3) is 0 Å². The highest BCUT2D eigenvalue weighted by Crippen LogP contribution is 2.31. The first-order valence-electron chi connectivity index (χ1n) is 7.12. The van der Waals surface area contributed by atoms with Gasteiger partial charge in [0.15, 0.2) is 4.80 Å². The van der Waals surface area contributed by atoms with Gasteiger partial charge in [0.1, 0.15) is 18.1 Å². The summed E-state index contributed by atoms with van der Waals surface area (Å²) >= 11 is 1.50. The molecule has 5 heteroatoms. The van der Waals surface area contributed by atoms with E-state index in [2.05, 4.69) is 0 Å². The molecule has 0 bridgehead atoms. The van der Waals surface area contributed by atoms with E-state index < -0.39 is 6.04 Å². The lowest BCUT2D eigenvalue weighted by molar-refractivity contribution is -0.109. The van der Waals surface area contributed by atoms with E-state index in [1.54, 1.807) is 7.11 Å². The molecular weight excluding hydrogens is 284 g/mol. The van der Waals surface area contributed by atoms with Crippen molar-refractivity contribution in [3.63, 3.8) is 0 Å². The average Bonchev–Trinajstić information content (AvgIpc) is 2.85. The van der Waals surface area contributed by atoms with E-state index in [9.17, 15) is 4.79 Å². The zero-order chi connectivity index (χ0) is 14.8. The Labute approximate surface area is 127 Å². The third-order valence-corrected chi connectivity index (χ3v) is 5.06. The normalized spacial score (nSPS) is 15.3. The van der Waals surface area contributed by atoms with Gasteiger partial charge in [-0.25, -0.2) is 0 Å². The van der Waals surface area contributed by atoms with Gasteiger partial charge in [-0.05, 0) is 31.7 Å². The van der Waals surface area contributed by atoms with Crippen LogP contribution in [0.4, 0.5) is 0 Å². The molecule has 4 nitrogen and oxygen atoms in total. The number of hydrogen-bond acceptors (Lipinski definition) is 4. The van der Waals surface area contributed by atoms with E-state index >= 15 is 0 Å². The third-order valence-electron chi connectivity index (χ3n) is 3.98. The summed E-state index contributed by atoms with van der Waals surface area (Å²) in [5, 5.41) is 8.26. The van der Waals surface area contributed by atoms with Crippen molar-refractivity contribution in [3.05, 3.63) is 45.2 Å². The number of fused-ring (bicyclic) bond motifs is 1. The second kappa shape index (κ2) is 5.85. The predicted molar refractivity (Wildman–Crippen MR) is 82.0 cm³/mol. The Morgan fingerprint density at radius 2 is 2.10 bits per heavy atom. The molecule has 1 aromatic heterocycles. The molecule has 0 radical (unpaired) electrons. The molecule has 1 aliphatic rings. The molecule has 1 aliphatic carbocycles. The molecule has 1 N–H and O–H groups in total. The number of aryl methyl sites for hydroxylation is 1. The van der Waals surface area contributed by atoms with Gasteiger partial charge >= 0.3 is 0 Å². The van der Waals surface area contributed by atoms with Crippen molar-refractivity contribution in [1.29, 1.82) is 5.41 Å². The lowest BCUT2D eigenvalue weighted by Crippen LogP contribution is -2.25. The SMILES string of the molecule is COc1ccccc1C(C=O)n1c2c(sc1=N)CCCC2. The zero-order valence-corrected chi connectivity index (χ0v) is 12.8. The summed E-state index contributed by atoms with van der Waals surface area (Å²) in [5.74, 6) is 0.692. The van der Waals surface area contributed by atoms with Crippen LogP contribution >= 0.6 is 11.3 Å². The highest BCUT2D eigenvalue weighted by molar-refractivity contribution is 7.09. The van der Waals surface area contributed by atoms with Gasteiger partial charge in [0.25, 0.3) is 0 Å². The fourth-order valence-corrected chi connectivity index (χ4v) is 4.11. The number of nitrogens with one attached hydrogen (secondary N) is 1. The molecule has 0 aliphatic heterocycles. The lowest BCUT2D eigenvalue weighted by atomic mass is 10.0. The van der Waals surface area contributed by atoms with Gasteiger partial charge in [-0.15, -0.1) is 11.3 Å². The number of aromatic nitrogens is 1. The fraction of sp³-hybridized carbons (Fsp3) is 0.375. The number of carbonyl (C=O) groups excluding carboxylic acids is 1. The number of rotatable bonds is 4. The second-order valence-electron chi connectivity index (χ2n) is 5.18. The van der Waals surface area contributed by atoms with Crippen LogP contribution in [0.15, 0.2) is 24.3 Å². The average molecular weight is 302 g/mol. The maximum absolute atomic E-state index is 11.8. The minimum absolute atomic E-state index is 0.449. The number of methoxy groups -OCH3 is 1. The Morgan fingerprint density at radius 1 is 1.33 bits per heavy atom. The first-order chi connectivity index (χ1) is 10.3. The lowest BCUT2D eigenvalue weighted by Gasteiger charge is -2.20. The Bertz CT molecular complexity index is 717. The first-order valence-corrected chi connectivity index (χ1v) is 7.93. The van der Waals surface area contributed by atoms with Crippen molar-refractivity contribution < 1.29 is 9.53 Å². The number of benzene rings is 1. The number of aldehydes is 1. The number of carbonyl (C=O) groups is 1. The molecule has 1 heterocycles. The molecule has 0 saturated heterocycles. The molecule has 0 amide bonds. The smallest absolute Gasteiger partial charge is 0.183 e. The highest BCUT2D eigenvalue weighted by Gasteiger charge is 2.24. The van der Waals surface area contributed by atoms with Gasteiger partial charge in [0.05, 0.1) is 7.11 Å². The van der Waals surface area contributed by atoms with E-state index in [1.165, 1.54) is 22.6 Å². The van der Waals surface area contributed by atoms with Crippen LogP contribution in [-0.2, 0) is 17.6 Å². The molecule has 3 rings (SSSR count). The van der Waals surface area contributed by atoms with Gasteiger partial charge in [-0.1, -0.05) is 18.2 Å². The molecule has 1 aromatic carbocycles. The van der Waals surface area contributed by atoms with Crippen molar-refractivity contribution in [2.75, 3.05) is 7.11 Å². The molecule has 1 unspecified atom stereocenters. The fourth-order valence-electron chi connectivity index (χ4n) is 2.99. The van der Waals surface area contributed by atoms with Crippen molar-refractivity contribution >= 4 is 17.6 Å². The standard InChI is InChI=1S/C16H18N2O2S/c1-20-14-8-4-2-6-11(14)13(10-19)18-12-7-3-5-9-15(12)21-16(18)17/h2,4,6,8,10,13,17H,3,5,7,9H2,1H3. The second-order valence-corrected chi connectivity index (χ2v) is 6.26. The Hall–Kier alpha value is -1.88. The monoisotopic (exact) mass is 302 g/mol. The molecule has 2 aromatic rings. The van der Waals surface area contributed by atoms with Gasteiger partial charge in [-0.2, -0.15) is 0 Å². The van der Waals surface area contributed by atoms with Crippen LogP contribution < -0.4 is 9.54 Å². The van der Waals surface area contributed by atoms with E-state index in [1.807, 2.05) is 28.8 Å². The van der Waals surface area contributed by atoms with Gasteiger partial charge in [0.2, 0.25) is 0 Å². The first kappa shape index (κ1) is 14.1. The number of ether oxygens (including phenoxy) is 1. The van der Waals surface area contributed by atoms with E-state index in [-0.39, 0.29) is 0 Å². The van der Waals surface area contributed by atoms with Crippen LogP contribution in [0.2, 0.25) is 0 Å². The molecule has 0 saturated carbocycles. The van der Waals surface area contributed by atoms with Crippen molar-refractivity contribution in [2.24, 2.45) is 0 Å². The van der Waals surface area contributed by atoms with E-state index in [0.29, 0.717) is 10.6 Å². The summed E-state index contributed by atoms with van der Waals surface area (Å²) in [6, 6.07) is 7.06. The minimum atomic E-state index is -0.480. The third kappa shape index (κ3) is 2.42. The molecule has 21 heavy (non-hydrogen) atoms. The van der Waals surface area contributed by atoms with Gasteiger partial charge < -0.3 is 14.1 Å². The molecule has 1 atom stereocenters. The summed E-state index contributed by atoms with van der Waals surface area (Å²) in [4.78, 5) is 13.5. The van der Waals surface area contributed by atoms with Crippen LogP contribution in [0.3, 0.4) is 0 Å². The summed E-state index contributed by atoms with van der Waals surface area (Å²) in [5.41, 5.74) is 1.97. The number of para-hydroxylation sites is 1. The Balaban J connectivity index is 2.15. The number of thiazole rings is 1. The van der Waals surface area contributed by atoms with Crippen LogP contribution in [0.5, 0.6) is 5.75 Å². The van der Waals surface area contributed by atoms with Crippen LogP contribution in [-0.4, -0.2) is 18.0 Å². The van der Waals surface area contributed by atoms with Crippen LogP contribution in [0, 0.1) is 5.41 Å². The predicted octanol–water partition coefficient (Wildman–Crippen LogP) is 2.70. The Morgan fingerprint density at radius 3 is 2.86 bits per heavy atom. The van der Waals surface area contributed by atoms with E-state index in [4.69, 9.17) is 10.1 Å². The van der Waals surface area contributed by atoms with Crippen molar-refractivity contribution in [1.82, 2.24) is 4.57 Å². The maximum atomic E-state index is 11.8. The summed E-state index contributed by atoms with van der Waals surface area (Å²) < 4.78 is 7.26. The molecule has 0 spiro atoms. The molecule has 110 valence electrons. The quantitative estimate of drug-likeness (QED) is 0.883. The largest absolute Gasteiger partial charge is 0.496 e. The number of nitrogens with zero attached hydrogens (tertiary/aromatic N) is 1. The van der Waals surface area contributed by atoms with Crippen LogP contribution in [0.1, 0.15) is 35.0 Å².